The van der Waals surface area contributed by atoms with Crippen molar-refractivity contribution in [2.45, 2.75) is 31.8 Å². The zero-order valence-electron chi connectivity index (χ0n) is 11.8. The molecule has 0 radical (unpaired) electrons. The fourth-order valence-electron chi connectivity index (χ4n) is 2.54. The van der Waals surface area contributed by atoms with Gasteiger partial charge in [0, 0.05) is 25.9 Å². The Kier molecular flexibility index (Phi) is 5.27. The van der Waals surface area contributed by atoms with Crippen molar-refractivity contribution in [3.63, 3.8) is 0 Å². The molecule has 0 saturated heterocycles. The number of carboxylic acid groups (broad SMARTS) is 1. The number of amides is 1. The van der Waals surface area contributed by atoms with Crippen LogP contribution in [0.25, 0.3) is 0 Å². The molecule has 0 bridgehead atoms. The number of hydrogen-bond acceptors (Lipinski definition) is 3. The van der Waals surface area contributed by atoms with Crippen molar-refractivity contribution in [3.8, 4) is 5.75 Å². The van der Waals surface area contributed by atoms with Crippen molar-refractivity contribution < 1.29 is 14.6 Å². The summed E-state index contributed by atoms with van der Waals surface area (Å²) in [6.45, 7) is 0.498. The van der Waals surface area contributed by atoms with Crippen LogP contribution in [0.2, 0.25) is 0 Å². The average molecular weight is 359 g/mol. The number of halogens is 1. The number of pyridine rings is 1. The van der Waals surface area contributed by atoms with Gasteiger partial charge in [-0.3, -0.25) is 4.79 Å². The SMILES string of the molecule is Cn1cc(Br)c(O[C@H]2CC[C@H](CNC(=O)O)CC2)cc1=O. The number of nitrogens with one attached hydrogen (secondary N) is 1. The Morgan fingerprint density at radius 1 is 1.48 bits per heavy atom. The third kappa shape index (κ3) is 4.49. The molecule has 0 spiro atoms. The van der Waals surface area contributed by atoms with E-state index < -0.39 is 6.09 Å². The normalized spacial score (nSPS) is 21.8. The molecule has 6 nitrogen and oxygen atoms in total. The highest BCUT2D eigenvalue weighted by molar-refractivity contribution is 9.10. The maximum absolute atomic E-state index is 11.6. The van der Waals surface area contributed by atoms with Gasteiger partial charge in [0.05, 0.1) is 10.6 Å². The summed E-state index contributed by atoms with van der Waals surface area (Å²) in [4.78, 5) is 22.1. The van der Waals surface area contributed by atoms with Crippen LogP contribution in [0.3, 0.4) is 0 Å². The number of aryl methyl sites for hydroxylation is 1. The summed E-state index contributed by atoms with van der Waals surface area (Å²) in [5.41, 5.74) is -0.104. The lowest BCUT2D eigenvalue weighted by Gasteiger charge is -2.29. The minimum absolute atomic E-state index is 0.0782. The molecular formula is C14H19BrN2O4. The maximum Gasteiger partial charge on any atom is 0.404 e. The predicted molar refractivity (Wildman–Crippen MR) is 81.8 cm³/mol. The first kappa shape index (κ1) is 15.9. The van der Waals surface area contributed by atoms with Crippen molar-refractivity contribution in [3.05, 3.63) is 27.1 Å². The molecule has 1 heterocycles. The first-order valence-corrected chi connectivity index (χ1v) is 7.74. The van der Waals surface area contributed by atoms with Gasteiger partial charge in [-0.2, -0.15) is 0 Å². The topological polar surface area (TPSA) is 80.6 Å². The summed E-state index contributed by atoms with van der Waals surface area (Å²) in [6.07, 6.45) is 4.38. The third-order valence-corrected chi connectivity index (χ3v) is 4.37. The molecule has 116 valence electrons. The summed E-state index contributed by atoms with van der Waals surface area (Å²) in [5.74, 6) is 0.943. The van der Waals surface area contributed by atoms with Gasteiger partial charge in [0.1, 0.15) is 5.75 Å². The Bertz CT molecular complexity index is 565. The van der Waals surface area contributed by atoms with Gasteiger partial charge >= 0.3 is 6.09 Å². The molecule has 1 amide bonds. The molecule has 0 atom stereocenters. The Labute approximate surface area is 131 Å². The van der Waals surface area contributed by atoms with Gasteiger partial charge in [0.15, 0.2) is 0 Å². The van der Waals surface area contributed by atoms with E-state index in [0.717, 1.165) is 30.2 Å². The second kappa shape index (κ2) is 6.98. The first-order valence-electron chi connectivity index (χ1n) is 6.95. The maximum atomic E-state index is 11.6. The van der Waals surface area contributed by atoms with Gasteiger partial charge in [-0.15, -0.1) is 0 Å². The van der Waals surface area contributed by atoms with E-state index >= 15 is 0 Å². The molecule has 1 fully saturated rings. The molecule has 1 saturated carbocycles. The molecule has 1 aliphatic rings. The average Bonchev–Trinajstić information content (AvgIpc) is 2.44. The number of rotatable bonds is 4. The molecule has 0 unspecified atom stereocenters. The monoisotopic (exact) mass is 358 g/mol. The van der Waals surface area contributed by atoms with Gasteiger partial charge in [-0.25, -0.2) is 4.79 Å². The summed E-state index contributed by atoms with van der Waals surface area (Å²) in [6, 6.07) is 1.49. The molecule has 2 N–H and O–H groups in total. The van der Waals surface area contributed by atoms with Crippen LogP contribution in [0.1, 0.15) is 25.7 Å². The van der Waals surface area contributed by atoms with Gasteiger partial charge in [-0.05, 0) is 47.5 Å². The summed E-state index contributed by atoms with van der Waals surface area (Å²) in [7, 11) is 1.69. The lowest BCUT2D eigenvalue weighted by molar-refractivity contribution is 0.128. The molecule has 1 aliphatic carbocycles. The van der Waals surface area contributed by atoms with Crippen LogP contribution in [0.15, 0.2) is 21.5 Å². The quantitative estimate of drug-likeness (QED) is 0.865. The predicted octanol–water partition coefficient (Wildman–Crippen LogP) is 2.35. The van der Waals surface area contributed by atoms with Crippen LogP contribution < -0.4 is 15.6 Å². The molecule has 2 rings (SSSR count). The van der Waals surface area contributed by atoms with Gasteiger partial charge in [-0.1, -0.05) is 0 Å². The van der Waals surface area contributed by atoms with Crippen LogP contribution in [-0.4, -0.2) is 28.4 Å². The van der Waals surface area contributed by atoms with Crippen LogP contribution in [0.4, 0.5) is 4.79 Å². The summed E-state index contributed by atoms with van der Waals surface area (Å²) in [5, 5.41) is 11.0. The van der Waals surface area contributed by atoms with Crippen LogP contribution in [-0.2, 0) is 7.05 Å². The highest BCUT2D eigenvalue weighted by atomic mass is 79.9. The van der Waals surface area contributed by atoms with Crippen LogP contribution in [0, 0.1) is 5.92 Å². The van der Waals surface area contributed by atoms with Crippen molar-refractivity contribution in [2.24, 2.45) is 13.0 Å². The standard InChI is InChI=1S/C14H19BrN2O4/c1-17-8-11(15)12(6-13(17)18)21-10-4-2-9(3-5-10)7-16-14(19)20/h6,8-10,16H,2-5,7H2,1H3,(H,19,20)/t9-,10-. The number of ether oxygens (including phenoxy) is 1. The van der Waals surface area contributed by atoms with Gasteiger partial charge in [0.25, 0.3) is 5.56 Å². The van der Waals surface area contributed by atoms with Gasteiger partial charge in [0.2, 0.25) is 0 Å². The minimum Gasteiger partial charge on any atom is -0.489 e. The Balaban J connectivity index is 1.88. The van der Waals surface area contributed by atoms with E-state index in [1.807, 2.05) is 0 Å². The molecule has 0 aliphatic heterocycles. The second-order valence-electron chi connectivity index (χ2n) is 5.38. The fourth-order valence-corrected chi connectivity index (χ4v) is 3.05. The van der Waals surface area contributed by atoms with E-state index in [-0.39, 0.29) is 11.7 Å². The van der Waals surface area contributed by atoms with Gasteiger partial charge < -0.3 is 19.7 Å². The van der Waals surface area contributed by atoms with E-state index in [1.165, 1.54) is 10.6 Å². The lowest BCUT2D eigenvalue weighted by Crippen LogP contribution is -2.32. The minimum atomic E-state index is -0.975. The Morgan fingerprint density at radius 2 is 2.14 bits per heavy atom. The number of nitrogens with zero attached hydrogens (tertiary/aromatic N) is 1. The van der Waals surface area contributed by atoms with Crippen LogP contribution in [0.5, 0.6) is 5.75 Å². The van der Waals surface area contributed by atoms with Crippen LogP contribution >= 0.6 is 15.9 Å². The first-order chi connectivity index (χ1) is 9.95. The summed E-state index contributed by atoms with van der Waals surface area (Å²) < 4.78 is 8.15. The molecule has 1 aromatic heterocycles. The van der Waals surface area contributed by atoms with E-state index in [0.29, 0.717) is 18.2 Å². The fraction of sp³-hybridized carbons (Fsp3) is 0.571. The van der Waals surface area contributed by atoms with Crippen molar-refractivity contribution in [1.29, 1.82) is 0 Å². The smallest absolute Gasteiger partial charge is 0.404 e. The second-order valence-corrected chi connectivity index (χ2v) is 6.24. The molecule has 21 heavy (non-hydrogen) atoms. The van der Waals surface area contributed by atoms with Crippen molar-refractivity contribution in [2.75, 3.05) is 6.54 Å². The largest absolute Gasteiger partial charge is 0.489 e. The Hall–Kier alpha value is -1.50. The van der Waals surface area contributed by atoms with Crippen molar-refractivity contribution >= 4 is 22.0 Å². The highest BCUT2D eigenvalue weighted by Crippen LogP contribution is 2.30. The molecule has 0 aromatic carbocycles. The lowest BCUT2D eigenvalue weighted by atomic mass is 9.87. The number of hydrogen-bond donors (Lipinski definition) is 2. The van der Waals surface area contributed by atoms with E-state index in [2.05, 4.69) is 21.2 Å². The zero-order valence-corrected chi connectivity index (χ0v) is 13.4. The number of aromatic nitrogens is 1. The van der Waals surface area contributed by atoms with E-state index in [4.69, 9.17) is 9.84 Å². The van der Waals surface area contributed by atoms with E-state index in [9.17, 15) is 9.59 Å². The molecule has 7 heteroatoms. The number of carbonyl (C=O) groups is 1. The Morgan fingerprint density at radius 3 is 2.76 bits per heavy atom. The summed E-state index contributed by atoms with van der Waals surface area (Å²) >= 11 is 3.40. The third-order valence-electron chi connectivity index (χ3n) is 3.77. The highest BCUT2D eigenvalue weighted by Gasteiger charge is 2.23. The molecule has 1 aromatic rings. The van der Waals surface area contributed by atoms with E-state index in [1.54, 1.807) is 13.2 Å². The zero-order chi connectivity index (χ0) is 15.4. The molecular weight excluding hydrogens is 340 g/mol. The van der Waals surface area contributed by atoms with Crippen molar-refractivity contribution in [1.82, 2.24) is 9.88 Å².